The SMILES string of the molecule is O=C=NCCCCCC(CCCCOC(=O)O)CN=C=O. The van der Waals surface area contributed by atoms with Gasteiger partial charge in [-0.15, -0.1) is 0 Å². The Morgan fingerprint density at radius 2 is 1.67 bits per heavy atom. The van der Waals surface area contributed by atoms with Crippen LogP contribution in [0.5, 0.6) is 0 Å². The predicted molar refractivity (Wildman–Crippen MR) is 75.8 cm³/mol. The maximum absolute atomic E-state index is 10.2. The number of carboxylic acid groups (broad SMARTS) is 1. The Bertz CT molecular complexity index is 362. The summed E-state index contributed by atoms with van der Waals surface area (Å²) >= 11 is 0. The van der Waals surface area contributed by atoms with Crippen molar-refractivity contribution in [3.63, 3.8) is 0 Å². The van der Waals surface area contributed by atoms with Gasteiger partial charge in [-0.1, -0.05) is 12.8 Å². The van der Waals surface area contributed by atoms with Crippen molar-refractivity contribution < 1.29 is 24.2 Å². The summed E-state index contributed by atoms with van der Waals surface area (Å²) in [6.45, 7) is 1.16. The van der Waals surface area contributed by atoms with Crippen LogP contribution in [0.25, 0.3) is 0 Å². The van der Waals surface area contributed by atoms with Gasteiger partial charge < -0.3 is 9.84 Å². The fourth-order valence-corrected chi connectivity index (χ4v) is 2.03. The third-order valence-electron chi connectivity index (χ3n) is 3.09. The summed E-state index contributed by atoms with van der Waals surface area (Å²) < 4.78 is 4.43. The lowest BCUT2D eigenvalue weighted by atomic mass is 9.95. The molecule has 7 heteroatoms. The smallest absolute Gasteiger partial charge is 0.450 e. The second-order valence-electron chi connectivity index (χ2n) is 4.73. The third kappa shape index (κ3) is 14.3. The molecule has 0 amide bonds. The van der Waals surface area contributed by atoms with Gasteiger partial charge in [0.1, 0.15) is 0 Å². The van der Waals surface area contributed by atoms with Crippen LogP contribution in [0, 0.1) is 5.92 Å². The Hall–Kier alpha value is -1.97. The maximum atomic E-state index is 10.2. The second kappa shape index (κ2) is 14.4. The van der Waals surface area contributed by atoms with Gasteiger partial charge in [-0.2, -0.15) is 0 Å². The Kier molecular flexibility index (Phi) is 13.1. The molecule has 0 saturated heterocycles. The lowest BCUT2D eigenvalue weighted by Gasteiger charge is -2.13. The van der Waals surface area contributed by atoms with Crippen LogP contribution in [-0.4, -0.2) is 43.1 Å². The van der Waals surface area contributed by atoms with E-state index in [1.165, 1.54) is 6.08 Å². The Morgan fingerprint density at radius 3 is 2.29 bits per heavy atom. The maximum Gasteiger partial charge on any atom is 0.505 e. The number of carbonyl (C=O) groups excluding carboxylic acids is 2. The molecule has 0 aromatic heterocycles. The van der Waals surface area contributed by atoms with Crippen LogP contribution in [-0.2, 0) is 14.3 Å². The molecule has 0 aliphatic heterocycles. The molecule has 0 aromatic carbocycles. The summed E-state index contributed by atoms with van der Waals surface area (Å²) in [4.78, 5) is 37.4. The minimum absolute atomic E-state index is 0.197. The number of ether oxygens (including phenoxy) is 1. The van der Waals surface area contributed by atoms with Crippen LogP contribution in [0.2, 0.25) is 0 Å². The van der Waals surface area contributed by atoms with E-state index >= 15 is 0 Å². The number of hydrogen-bond acceptors (Lipinski definition) is 6. The third-order valence-corrected chi connectivity index (χ3v) is 3.09. The van der Waals surface area contributed by atoms with Gasteiger partial charge in [-0.25, -0.2) is 24.4 Å². The van der Waals surface area contributed by atoms with E-state index < -0.39 is 6.16 Å². The van der Waals surface area contributed by atoms with E-state index in [4.69, 9.17) is 5.11 Å². The summed E-state index contributed by atoms with van der Waals surface area (Å²) in [5, 5.41) is 8.33. The van der Waals surface area contributed by atoms with E-state index in [0.717, 1.165) is 38.5 Å². The first kappa shape index (κ1) is 19.0. The largest absolute Gasteiger partial charge is 0.505 e. The van der Waals surface area contributed by atoms with Gasteiger partial charge in [-0.3, -0.25) is 0 Å². The minimum Gasteiger partial charge on any atom is -0.450 e. The van der Waals surface area contributed by atoms with Crippen molar-refractivity contribution in [2.24, 2.45) is 15.9 Å². The highest BCUT2D eigenvalue weighted by Crippen LogP contribution is 2.17. The summed E-state index contributed by atoms with van der Waals surface area (Å²) in [6.07, 6.45) is 7.92. The number of hydrogen-bond donors (Lipinski definition) is 1. The average Bonchev–Trinajstić information content (AvgIpc) is 2.46. The monoisotopic (exact) mass is 298 g/mol. The number of isocyanates is 2. The van der Waals surface area contributed by atoms with E-state index in [2.05, 4.69) is 14.7 Å². The van der Waals surface area contributed by atoms with Crippen LogP contribution in [0.3, 0.4) is 0 Å². The highest BCUT2D eigenvalue weighted by atomic mass is 16.7. The molecule has 1 unspecified atom stereocenters. The summed E-state index contributed by atoms with van der Waals surface area (Å²) in [7, 11) is 0. The van der Waals surface area contributed by atoms with Gasteiger partial charge in [-0.05, 0) is 38.0 Å². The molecule has 1 atom stereocenters. The summed E-state index contributed by atoms with van der Waals surface area (Å²) in [5.74, 6) is 0.297. The molecule has 0 radical (unpaired) electrons. The Labute approximate surface area is 124 Å². The molecular weight excluding hydrogens is 276 g/mol. The number of nitrogens with zero attached hydrogens (tertiary/aromatic N) is 2. The normalized spacial score (nSPS) is 11.0. The zero-order chi connectivity index (χ0) is 15.8. The van der Waals surface area contributed by atoms with Crippen molar-refractivity contribution >= 4 is 18.3 Å². The first-order valence-corrected chi connectivity index (χ1v) is 7.13. The molecule has 0 aliphatic rings. The molecular formula is C14H22N2O5. The Balaban J connectivity index is 3.78. The topological polar surface area (TPSA) is 105 Å². The van der Waals surface area contributed by atoms with E-state index in [1.807, 2.05) is 0 Å². The van der Waals surface area contributed by atoms with Gasteiger partial charge in [0.2, 0.25) is 12.2 Å². The fraction of sp³-hybridized carbons (Fsp3) is 0.786. The predicted octanol–water partition coefficient (Wildman–Crippen LogP) is 2.70. The van der Waals surface area contributed by atoms with Gasteiger partial charge in [0, 0.05) is 0 Å². The molecule has 21 heavy (non-hydrogen) atoms. The van der Waals surface area contributed by atoms with Crippen molar-refractivity contribution in [3.8, 4) is 0 Å². The Morgan fingerprint density at radius 1 is 1.00 bits per heavy atom. The standard InChI is InChI=1S/C14H22N2O5/c17-11-15-8-4-1-2-6-13(10-16-12-18)7-3-5-9-21-14(19)20/h13H,1-10H2,(H,19,20). The zero-order valence-corrected chi connectivity index (χ0v) is 12.1. The molecule has 0 aliphatic carbocycles. The highest BCUT2D eigenvalue weighted by molar-refractivity contribution is 5.56. The van der Waals surface area contributed by atoms with Crippen LogP contribution in [0.4, 0.5) is 4.79 Å². The van der Waals surface area contributed by atoms with Crippen molar-refractivity contribution in [3.05, 3.63) is 0 Å². The van der Waals surface area contributed by atoms with Gasteiger partial charge in [0.25, 0.3) is 0 Å². The van der Waals surface area contributed by atoms with E-state index in [9.17, 15) is 14.4 Å². The molecule has 1 N–H and O–H groups in total. The van der Waals surface area contributed by atoms with Gasteiger partial charge in [0.15, 0.2) is 0 Å². The molecule has 0 bridgehead atoms. The molecule has 0 aromatic rings. The van der Waals surface area contributed by atoms with Gasteiger partial charge >= 0.3 is 6.16 Å². The van der Waals surface area contributed by atoms with Crippen molar-refractivity contribution in [1.82, 2.24) is 0 Å². The van der Waals surface area contributed by atoms with Crippen LogP contribution >= 0.6 is 0 Å². The molecule has 0 spiro atoms. The van der Waals surface area contributed by atoms with Crippen LogP contribution in [0.15, 0.2) is 9.98 Å². The van der Waals surface area contributed by atoms with Crippen molar-refractivity contribution in [2.75, 3.05) is 19.7 Å². The molecule has 0 heterocycles. The lowest BCUT2D eigenvalue weighted by molar-refractivity contribution is 0.0896. The van der Waals surface area contributed by atoms with Crippen molar-refractivity contribution in [2.45, 2.75) is 44.9 Å². The molecule has 0 saturated carbocycles. The fourth-order valence-electron chi connectivity index (χ4n) is 2.03. The highest BCUT2D eigenvalue weighted by Gasteiger charge is 2.08. The van der Waals surface area contributed by atoms with Crippen LogP contribution < -0.4 is 0 Å². The average molecular weight is 298 g/mol. The van der Waals surface area contributed by atoms with Crippen molar-refractivity contribution in [1.29, 1.82) is 0 Å². The van der Waals surface area contributed by atoms with E-state index in [1.54, 1.807) is 6.08 Å². The minimum atomic E-state index is -1.25. The molecule has 7 nitrogen and oxygen atoms in total. The summed E-state index contributed by atoms with van der Waals surface area (Å²) in [5.41, 5.74) is 0. The van der Waals surface area contributed by atoms with E-state index in [-0.39, 0.29) is 6.61 Å². The number of unbranched alkanes of at least 4 members (excludes halogenated alkanes) is 3. The number of aliphatic imine (C=N–C) groups is 2. The zero-order valence-electron chi connectivity index (χ0n) is 12.1. The quantitative estimate of drug-likeness (QED) is 0.243. The molecule has 118 valence electrons. The second-order valence-corrected chi connectivity index (χ2v) is 4.73. The number of rotatable bonds is 13. The first-order valence-electron chi connectivity index (χ1n) is 7.13. The van der Waals surface area contributed by atoms with Gasteiger partial charge in [0.05, 0.1) is 19.7 Å². The number of carbonyl (C=O) groups is 1. The first-order chi connectivity index (χ1) is 10.2. The lowest BCUT2D eigenvalue weighted by Crippen LogP contribution is -2.07. The van der Waals surface area contributed by atoms with Crippen LogP contribution in [0.1, 0.15) is 44.9 Å². The summed E-state index contributed by atoms with van der Waals surface area (Å²) in [6, 6.07) is 0. The van der Waals surface area contributed by atoms with E-state index in [0.29, 0.717) is 25.4 Å². The molecule has 0 fully saturated rings. The molecule has 0 rings (SSSR count).